The van der Waals surface area contributed by atoms with Crippen molar-refractivity contribution in [3.05, 3.63) is 54.6 Å². The fourth-order valence-electron chi connectivity index (χ4n) is 2.38. The lowest BCUT2D eigenvalue weighted by Crippen LogP contribution is -2.36. The van der Waals surface area contributed by atoms with Gasteiger partial charge in [0.25, 0.3) is 5.91 Å². The van der Waals surface area contributed by atoms with Crippen LogP contribution < -0.4 is 10.1 Å². The van der Waals surface area contributed by atoms with Crippen LogP contribution >= 0.6 is 0 Å². The molecule has 0 bridgehead atoms. The van der Waals surface area contributed by atoms with Crippen molar-refractivity contribution >= 4 is 5.91 Å². The molecule has 4 nitrogen and oxygen atoms in total. The van der Waals surface area contributed by atoms with Crippen LogP contribution in [-0.2, 0) is 4.79 Å². The maximum atomic E-state index is 11.9. The summed E-state index contributed by atoms with van der Waals surface area (Å²) in [5.41, 5.74) is 2.02. The van der Waals surface area contributed by atoms with Crippen molar-refractivity contribution in [2.24, 2.45) is 0 Å². The molecule has 0 aromatic heterocycles. The van der Waals surface area contributed by atoms with Gasteiger partial charge in [-0.2, -0.15) is 0 Å². The highest BCUT2D eigenvalue weighted by molar-refractivity contribution is 5.78. The van der Waals surface area contributed by atoms with Gasteiger partial charge < -0.3 is 15.2 Å². The van der Waals surface area contributed by atoms with Crippen molar-refractivity contribution in [2.75, 3.05) is 13.2 Å². The third-order valence-electron chi connectivity index (χ3n) is 3.53. The highest BCUT2D eigenvalue weighted by Crippen LogP contribution is 2.29. The number of hydrogen-bond acceptors (Lipinski definition) is 3. The van der Waals surface area contributed by atoms with E-state index in [0.29, 0.717) is 12.2 Å². The molecule has 2 N–H and O–H groups in total. The number of amides is 1. The van der Waals surface area contributed by atoms with Gasteiger partial charge in [-0.1, -0.05) is 48.5 Å². The zero-order valence-electron chi connectivity index (χ0n) is 13.4. The predicted molar refractivity (Wildman–Crippen MR) is 91.3 cm³/mol. The summed E-state index contributed by atoms with van der Waals surface area (Å²) in [6.45, 7) is 2.04. The molecular weight excluding hydrogens is 290 g/mol. The molecule has 1 atom stereocenters. The summed E-state index contributed by atoms with van der Waals surface area (Å²) in [6.07, 6.45) is 1.43. The average molecular weight is 313 g/mol. The van der Waals surface area contributed by atoms with Crippen molar-refractivity contribution in [3.63, 3.8) is 0 Å². The summed E-state index contributed by atoms with van der Waals surface area (Å²) >= 11 is 0. The molecule has 0 aliphatic rings. The molecule has 4 heteroatoms. The van der Waals surface area contributed by atoms with Crippen molar-refractivity contribution in [2.45, 2.75) is 25.8 Å². The fourth-order valence-corrected chi connectivity index (χ4v) is 2.38. The highest BCUT2D eigenvalue weighted by Gasteiger charge is 2.10. The van der Waals surface area contributed by atoms with Crippen molar-refractivity contribution in [3.8, 4) is 16.9 Å². The summed E-state index contributed by atoms with van der Waals surface area (Å²) in [4.78, 5) is 11.9. The maximum Gasteiger partial charge on any atom is 0.258 e. The molecule has 1 amide bonds. The SMILES string of the molecule is CC(CCCO)NC(=O)COc1ccccc1-c1ccccc1. The van der Waals surface area contributed by atoms with Gasteiger partial charge in [0, 0.05) is 18.2 Å². The maximum absolute atomic E-state index is 11.9. The van der Waals surface area contributed by atoms with E-state index in [-0.39, 0.29) is 25.2 Å². The lowest BCUT2D eigenvalue weighted by atomic mass is 10.1. The first-order chi connectivity index (χ1) is 11.2. The van der Waals surface area contributed by atoms with E-state index in [1.54, 1.807) is 0 Å². The van der Waals surface area contributed by atoms with E-state index in [4.69, 9.17) is 9.84 Å². The summed E-state index contributed by atoms with van der Waals surface area (Å²) in [6, 6.07) is 17.7. The number of para-hydroxylation sites is 1. The van der Waals surface area contributed by atoms with Crippen molar-refractivity contribution in [1.82, 2.24) is 5.32 Å². The Morgan fingerprint density at radius 3 is 2.57 bits per heavy atom. The molecule has 23 heavy (non-hydrogen) atoms. The van der Waals surface area contributed by atoms with Gasteiger partial charge >= 0.3 is 0 Å². The number of aliphatic hydroxyl groups excluding tert-OH is 1. The zero-order valence-corrected chi connectivity index (χ0v) is 13.4. The second-order valence-electron chi connectivity index (χ2n) is 5.49. The monoisotopic (exact) mass is 313 g/mol. The molecule has 0 fully saturated rings. The van der Waals surface area contributed by atoms with Crippen LogP contribution in [-0.4, -0.2) is 30.3 Å². The van der Waals surface area contributed by atoms with E-state index in [9.17, 15) is 4.79 Å². The van der Waals surface area contributed by atoms with Crippen LogP contribution in [0.4, 0.5) is 0 Å². The van der Waals surface area contributed by atoms with E-state index in [2.05, 4.69) is 5.32 Å². The number of carbonyl (C=O) groups excluding carboxylic acids is 1. The Morgan fingerprint density at radius 1 is 1.13 bits per heavy atom. The van der Waals surface area contributed by atoms with Gasteiger partial charge in [-0.25, -0.2) is 0 Å². The van der Waals surface area contributed by atoms with Gasteiger partial charge in [-0.15, -0.1) is 0 Å². The summed E-state index contributed by atoms with van der Waals surface area (Å²) in [5.74, 6) is 0.537. The van der Waals surface area contributed by atoms with Gasteiger partial charge in [0.1, 0.15) is 5.75 Å². The van der Waals surface area contributed by atoms with E-state index >= 15 is 0 Å². The lowest BCUT2D eigenvalue weighted by Gasteiger charge is -2.15. The minimum atomic E-state index is -0.154. The quantitative estimate of drug-likeness (QED) is 0.787. The Labute approximate surface area is 137 Å². The van der Waals surface area contributed by atoms with Gasteiger partial charge in [0.2, 0.25) is 0 Å². The first-order valence-corrected chi connectivity index (χ1v) is 7.88. The molecule has 1 unspecified atom stereocenters. The molecule has 0 spiro atoms. The third-order valence-corrected chi connectivity index (χ3v) is 3.53. The number of rotatable bonds is 8. The van der Waals surface area contributed by atoms with Gasteiger partial charge in [0.15, 0.2) is 6.61 Å². The zero-order chi connectivity index (χ0) is 16.5. The van der Waals surface area contributed by atoms with E-state index < -0.39 is 0 Å². The topological polar surface area (TPSA) is 58.6 Å². The van der Waals surface area contributed by atoms with Crippen LogP contribution in [0.15, 0.2) is 54.6 Å². The average Bonchev–Trinajstić information content (AvgIpc) is 2.59. The molecule has 0 heterocycles. The third kappa shape index (κ3) is 5.42. The Morgan fingerprint density at radius 2 is 1.83 bits per heavy atom. The van der Waals surface area contributed by atoms with E-state index in [0.717, 1.165) is 17.5 Å². The Balaban J connectivity index is 1.95. The Bertz CT molecular complexity index is 613. The Kier molecular flexibility index (Phi) is 6.63. The molecule has 2 rings (SSSR count). The van der Waals surface area contributed by atoms with Crippen LogP contribution in [0.1, 0.15) is 19.8 Å². The standard InChI is InChI=1S/C19H23NO3/c1-15(8-7-13-21)20-19(22)14-23-18-12-6-5-11-17(18)16-9-3-2-4-10-16/h2-6,9-12,15,21H,7-8,13-14H2,1H3,(H,20,22). The predicted octanol–water partition coefficient (Wildman–Crippen LogP) is 3.01. The smallest absolute Gasteiger partial charge is 0.258 e. The fraction of sp³-hybridized carbons (Fsp3) is 0.316. The lowest BCUT2D eigenvalue weighted by molar-refractivity contribution is -0.123. The van der Waals surface area contributed by atoms with E-state index in [1.165, 1.54) is 0 Å². The molecular formula is C19H23NO3. The minimum Gasteiger partial charge on any atom is -0.483 e. The van der Waals surface area contributed by atoms with Gasteiger partial charge in [-0.05, 0) is 31.4 Å². The van der Waals surface area contributed by atoms with Gasteiger partial charge in [-0.3, -0.25) is 4.79 Å². The number of aliphatic hydroxyl groups is 1. The van der Waals surface area contributed by atoms with Crippen molar-refractivity contribution < 1.29 is 14.6 Å². The highest BCUT2D eigenvalue weighted by atomic mass is 16.5. The second kappa shape index (κ2) is 8.96. The van der Waals surface area contributed by atoms with E-state index in [1.807, 2.05) is 61.5 Å². The Hall–Kier alpha value is -2.33. The van der Waals surface area contributed by atoms with Gasteiger partial charge in [0.05, 0.1) is 0 Å². The summed E-state index contributed by atoms with van der Waals surface area (Å²) in [7, 11) is 0. The molecule has 0 saturated heterocycles. The van der Waals surface area contributed by atoms with Crippen LogP contribution in [0, 0.1) is 0 Å². The normalized spacial score (nSPS) is 11.7. The molecule has 2 aromatic carbocycles. The number of ether oxygens (including phenoxy) is 1. The molecule has 122 valence electrons. The molecule has 0 aliphatic carbocycles. The minimum absolute atomic E-state index is 0.0205. The molecule has 2 aromatic rings. The van der Waals surface area contributed by atoms with Crippen LogP contribution in [0.25, 0.3) is 11.1 Å². The van der Waals surface area contributed by atoms with Crippen LogP contribution in [0.5, 0.6) is 5.75 Å². The number of benzene rings is 2. The number of hydrogen-bond donors (Lipinski definition) is 2. The van der Waals surface area contributed by atoms with Crippen LogP contribution in [0.2, 0.25) is 0 Å². The molecule has 0 radical (unpaired) electrons. The first kappa shape index (κ1) is 17.0. The number of nitrogens with one attached hydrogen (secondary N) is 1. The first-order valence-electron chi connectivity index (χ1n) is 7.88. The summed E-state index contributed by atoms with van der Waals surface area (Å²) in [5, 5.41) is 11.7. The second-order valence-corrected chi connectivity index (χ2v) is 5.49. The summed E-state index contributed by atoms with van der Waals surface area (Å²) < 4.78 is 5.70. The number of carbonyl (C=O) groups is 1. The largest absolute Gasteiger partial charge is 0.483 e. The molecule has 0 saturated carbocycles. The van der Waals surface area contributed by atoms with Crippen molar-refractivity contribution in [1.29, 1.82) is 0 Å². The molecule has 0 aliphatic heterocycles. The van der Waals surface area contributed by atoms with Crippen LogP contribution in [0.3, 0.4) is 0 Å².